The smallest absolute Gasteiger partial charge is 0.00199 e. The SMILES string of the molecule is c1ccc(-c2cccc(-c3ccc(-c4c5ccccc5c(-c5cc6ccccc6c6ccccc56)c5ccccc45)cc3)c2)cc1. The van der Waals surface area contributed by atoms with Crippen LogP contribution in [0.5, 0.6) is 0 Å². The number of hydrogen-bond donors (Lipinski definition) is 0. The first-order valence-corrected chi connectivity index (χ1v) is 15.9. The van der Waals surface area contributed by atoms with Crippen LogP contribution in [0.3, 0.4) is 0 Å². The van der Waals surface area contributed by atoms with Crippen LogP contribution in [0.1, 0.15) is 0 Å². The van der Waals surface area contributed by atoms with Crippen LogP contribution in [0, 0.1) is 0 Å². The molecule has 0 spiro atoms. The van der Waals surface area contributed by atoms with E-state index in [0.29, 0.717) is 0 Å². The molecule has 0 aliphatic carbocycles. The maximum Gasteiger partial charge on any atom is -0.00199 e. The zero-order chi connectivity index (χ0) is 30.5. The summed E-state index contributed by atoms with van der Waals surface area (Å²) in [5.41, 5.74) is 9.99. The van der Waals surface area contributed by atoms with Gasteiger partial charge in [0.1, 0.15) is 0 Å². The molecule has 214 valence electrons. The molecule has 0 atom stereocenters. The third kappa shape index (κ3) is 4.30. The Hall–Kier alpha value is -5.98. The van der Waals surface area contributed by atoms with Crippen molar-refractivity contribution in [3.8, 4) is 44.5 Å². The molecule has 0 unspecified atom stereocenters. The molecule has 0 saturated carbocycles. The summed E-state index contributed by atoms with van der Waals surface area (Å²) in [6.07, 6.45) is 0. The summed E-state index contributed by atoms with van der Waals surface area (Å²) in [7, 11) is 0. The molecule has 0 aliphatic rings. The molecule has 0 bridgehead atoms. The van der Waals surface area contributed by atoms with Gasteiger partial charge in [0.15, 0.2) is 0 Å². The minimum atomic E-state index is 1.22. The summed E-state index contributed by atoms with van der Waals surface area (Å²) in [5.74, 6) is 0. The van der Waals surface area contributed by atoms with Crippen LogP contribution < -0.4 is 0 Å². The third-order valence-corrected chi connectivity index (χ3v) is 9.45. The molecule has 0 heteroatoms. The molecule has 0 heterocycles. The molecule has 9 rings (SSSR count). The fraction of sp³-hybridized carbons (Fsp3) is 0. The van der Waals surface area contributed by atoms with Crippen molar-refractivity contribution < 1.29 is 0 Å². The van der Waals surface area contributed by atoms with Gasteiger partial charge in [-0.05, 0) is 99.7 Å². The molecular weight excluding hydrogens is 553 g/mol. The lowest BCUT2D eigenvalue weighted by Crippen LogP contribution is -1.92. The average Bonchev–Trinajstić information content (AvgIpc) is 3.14. The number of fused-ring (bicyclic) bond motifs is 5. The van der Waals surface area contributed by atoms with Crippen LogP contribution in [-0.2, 0) is 0 Å². The fourth-order valence-corrected chi connectivity index (χ4v) is 7.33. The zero-order valence-corrected chi connectivity index (χ0v) is 25.3. The average molecular weight is 583 g/mol. The lowest BCUT2D eigenvalue weighted by Gasteiger charge is -2.19. The Morgan fingerprint density at radius 2 is 0.652 bits per heavy atom. The molecule has 0 amide bonds. The first-order valence-electron chi connectivity index (χ1n) is 15.9. The predicted molar refractivity (Wildman–Crippen MR) is 198 cm³/mol. The van der Waals surface area contributed by atoms with Crippen LogP contribution in [0.15, 0.2) is 182 Å². The first kappa shape index (κ1) is 26.4. The van der Waals surface area contributed by atoms with Gasteiger partial charge >= 0.3 is 0 Å². The number of hydrogen-bond acceptors (Lipinski definition) is 0. The predicted octanol–water partition coefficient (Wildman–Crippen LogP) is 13.0. The van der Waals surface area contributed by atoms with Gasteiger partial charge in [-0.3, -0.25) is 0 Å². The minimum absolute atomic E-state index is 1.22. The van der Waals surface area contributed by atoms with Crippen molar-refractivity contribution in [2.75, 3.05) is 0 Å². The monoisotopic (exact) mass is 582 g/mol. The first-order chi connectivity index (χ1) is 22.8. The molecule has 0 fully saturated rings. The molecule has 0 radical (unpaired) electrons. The quantitative estimate of drug-likeness (QED) is 0.143. The van der Waals surface area contributed by atoms with Crippen molar-refractivity contribution in [3.05, 3.63) is 182 Å². The van der Waals surface area contributed by atoms with Crippen LogP contribution in [0.25, 0.3) is 87.6 Å². The van der Waals surface area contributed by atoms with Gasteiger partial charge in [0, 0.05) is 0 Å². The van der Waals surface area contributed by atoms with E-state index in [1.807, 2.05) is 0 Å². The van der Waals surface area contributed by atoms with E-state index in [2.05, 4.69) is 182 Å². The summed E-state index contributed by atoms with van der Waals surface area (Å²) < 4.78 is 0. The molecule has 0 saturated heterocycles. The molecule has 0 aromatic heterocycles. The van der Waals surface area contributed by atoms with Gasteiger partial charge in [0.05, 0.1) is 0 Å². The normalized spacial score (nSPS) is 11.5. The van der Waals surface area contributed by atoms with E-state index >= 15 is 0 Å². The van der Waals surface area contributed by atoms with Crippen LogP contribution >= 0.6 is 0 Å². The van der Waals surface area contributed by atoms with Gasteiger partial charge in [0.2, 0.25) is 0 Å². The summed E-state index contributed by atoms with van der Waals surface area (Å²) in [6.45, 7) is 0. The van der Waals surface area contributed by atoms with E-state index in [4.69, 9.17) is 0 Å². The van der Waals surface area contributed by atoms with E-state index < -0.39 is 0 Å². The Labute approximate surface area is 268 Å². The van der Waals surface area contributed by atoms with Crippen molar-refractivity contribution in [2.45, 2.75) is 0 Å². The standard InChI is InChI=1S/C46H30/c1-2-13-31(14-3-1)34-16-12-17-35(29-34)32-25-27-33(28-26-32)45-40-21-8-10-23-42(40)46(43-24-11-9-22-41(43)45)44-30-36-15-4-5-18-37(36)38-19-6-7-20-39(38)44/h1-30H. The molecule has 9 aromatic rings. The Morgan fingerprint density at radius 1 is 0.217 bits per heavy atom. The second kappa shape index (κ2) is 10.9. The van der Waals surface area contributed by atoms with E-state index in [-0.39, 0.29) is 0 Å². The van der Waals surface area contributed by atoms with Gasteiger partial charge in [0.25, 0.3) is 0 Å². The summed E-state index contributed by atoms with van der Waals surface area (Å²) in [5, 5.41) is 10.2. The second-order valence-corrected chi connectivity index (χ2v) is 12.1. The number of rotatable bonds is 4. The van der Waals surface area contributed by atoms with Crippen molar-refractivity contribution in [3.63, 3.8) is 0 Å². The van der Waals surface area contributed by atoms with Crippen LogP contribution in [0.2, 0.25) is 0 Å². The highest BCUT2D eigenvalue weighted by Crippen LogP contribution is 2.46. The molecule has 46 heavy (non-hydrogen) atoms. The van der Waals surface area contributed by atoms with Crippen molar-refractivity contribution in [1.82, 2.24) is 0 Å². The van der Waals surface area contributed by atoms with E-state index in [0.717, 1.165) is 0 Å². The Morgan fingerprint density at radius 3 is 1.28 bits per heavy atom. The van der Waals surface area contributed by atoms with Crippen molar-refractivity contribution in [2.24, 2.45) is 0 Å². The van der Waals surface area contributed by atoms with Crippen molar-refractivity contribution in [1.29, 1.82) is 0 Å². The summed E-state index contributed by atoms with van der Waals surface area (Å²) in [4.78, 5) is 0. The third-order valence-electron chi connectivity index (χ3n) is 9.45. The minimum Gasteiger partial charge on any atom is -0.0622 e. The topological polar surface area (TPSA) is 0 Å². The van der Waals surface area contributed by atoms with E-state index in [9.17, 15) is 0 Å². The van der Waals surface area contributed by atoms with Gasteiger partial charge in [-0.15, -0.1) is 0 Å². The van der Waals surface area contributed by atoms with Crippen LogP contribution in [0.4, 0.5) is 0 Å². The van der Waals surface area contributed by atoms with Gasteiger partial charge < -0.3 is 0 Å². The maximum absolute atomic E-state index is 2.39. The highest BCUT2D eigenvalue weighted by Gasteiger charge is 2.19. The van der Waals surface area contributed by atoms with E-state index in [1.54, 1.807) is 0 Å². The summed E-state index contributed by atoms with van der Waals surface area (Å²) >= 11 is 0. The lowest BCUT2D eigenvalue weighted by molar-refractivity contribution is 1.58. The lowest BCUT2D eigenvalue weighted by atomic mass is 9.83. The molecular formula is C46H30. The zero-order valence-electron chi connectivity index (χ0n) is 25.3. The van der Waals surface area contributed by atoms with E-state index in [1.165, 1.54) is 87.6 Å². The molecule has 0 nitrogen and oxygen atoms in total. The molecule has 0 N–H and O–H groups in total. The highest BCUT2D eigenvalue weighted by molar-refractivity contribution is 6.25. The van der Waals surface area contributed by atoms with Gasteiger partial charge in [-0.25, -0.2) is 0 Å². The van der Waals surface area contributed by atoms with Gasteiger partial charge in [-0.2, -0.15) is 0 Å². The Balaban J connectivity index is 1.26. The van der Waals surface area contributed by atoms with Crippen molar-refractivity contribution >= 4 is 43.1 Å². The maximum atomic E-state index is 2.39. The largest absolute Gasteiger partial charge is 0.0622 e. The van der Waals surface area contributed by atoms with Crippen LogP contribution in [-0.4, -0.2) is 0 Å². The van der Waals surface area contributed by atoms with Gasteiger partial charge in [-0.1, -0.05) is 170 Å². The molecule has 9 aromatic carbocycles. The molecule has 0 aliphatic heterocycles. The Kier molecular flexibility index (Phi) is 6.25. The highest BCUT2D eigenvalue weighted by atomic mass is 14.2. The number of benzene rings is 9. The fourth-order valence-electron chi connectivity index (χ4n) is 7.33. The summed E-state index contributed by atoms with van der Waals surface area (Å²) in [6, 6.07) is 66.5. The second-order valence-electron chi connectivity index (χ2n) is 12.1. The Bertz CT molecular complexity index is 2500.